The summed E-state index contributed by atoms with van der Waals surface area (Å²) < 4.78 is 0. The monoisotopic (exact) mass is 190 g/mol. The summed E-state index contributed by atoms with van der Waals surface area (Å²) in [6, 6.07) is -1.47. The Kier molecular flexibility index (Phi) is 5.01. The minimum atomic E-state index is -1.13. The van der Waals surface area contributed by atoms with Gasteiger partial charge in [-0.3, -0.25) is 9.59 Å². The largest absolute Gasteiger partial charge is 0.481 e. The summed E-state index contributed by atoms with van der Waals surface area (Å²) in [5, 5.41) is 19.2. The van der Waals surface area contributed by atoms with Crippen molar-refractivity contribution < 1.29 is 19.8 Å². The van der Waals surface area contributed by atoms with Gasteiger partial charge in [0, 0.05) is 6.04 Å². The van der Waals surface area contributed by atoms with Crippen molar-refractivity contribution in [2.75, 3.05) is 6.61 Å². The first kappa shape index (κ1) is 11.9. The quantitative estimate of drug-likeness (QED) is 0.412. The van der Waals surface area contributed by atoms with E-state index in [1.807, 2.05) is 0 Å². The highest BCUT2D eigenvalue weighted by Crippen LogP contribution is 1.89. The summed E-state index contributed by atoms with van der Waals surface area (Å²) in [4.78, 5) is 21.2. The second-order valence-electron chi connectivity index (χ2n) is 2.80. The summed E-state index contributed by atoms with van der Waals surface area (Å²) in [5.74, 6) is -1.69. The molecule has 76 valence electrons. The molecule has 0 spiro atoms. The minimum absolute atomic E-state index is 0.203. The molecule has 6 nitrogen and oxygen atoms in total. The molecule has 0 rings (SSSR count). The second-order valence-corrected chi connectivity index (χ2v) is 2.80. The van der Waals surface area contributed by atoms with Crippen LogP contribution >= 0.6 is 0 Å². The number of carboxylic acid groups (broad SMARTS) is 1. The normalized spacial score (nSPS) is 14.7. The van der Waals surface area contributed by atoms with Crippen molar-refractivity contribution in [2.24, 2.45) is 5.73 Å². The number of carbonyl (C=O) groups excluding carboxylic acids is 1. The molecule has 0 saturated carbocycles. The first-order chi connectivity index (χ1) is 5.97. The highest BCUT2D eigenvalue weighted by molar-refractivity contribution is 5.86. The number of amides is 1. The van der Waals surface area contributed by atoms with Crippen LogP contribution in [-0.2, 0) is 9.59 Å². The lowest BCUT2D eigenvalue weighted by atomic mass is 10.2. The molecule has 0 bridgehead atoms. The molecule has 0 aliphatic heterocycles. The summed E-state index contributed by atoms with van der Waals surface area (Å²) in [5.41, 5.74) is 5.25. The number of aliphatic carboxylic acids is 1. The molecule has 0 heterocycles. The highest BCUT2D eigenvalue weighted by Gasteiger charge is 2.17. The Bertz CT molecular complexity index is 195. The molecule has 13 heavy (non-hydrogen) atoms. The van der Waals surface area contributed by atoms with E-state index in [2.05, 4.69) is 5.32 Å². The summed E-state index contributed by atoms with van der Waals surface area (Å²) in [7, 11) is 0. The third-order valence-corrected chi connectivity index (χ3v) is 1.39. The minimum Gasteiger partial charge on any atom is -0.481 e. The van der Waals surface area contributed by atoms with Crippen molar-refractivity contribution in [3.05, 3.63) is 0 Å². The van der Waals surface area contributed by atoms with Gasteiger partial charge in [-0.1, -0.05) is 0 Å². The zero-order valence-corrected chi connectivity index (χ0v) is 7.36. The van der Waals surface area contributed by atoms with Gasteiger partial charge in [-0.15, -0.1) is 0 Å². The van der Waals surface area contributed by atoms with Gasteiger partial charge in [0.2, 0.25) is 5.91 Å². The summed E-state index contributed by atoms with van der Waals surface area (Å²) in [6.45, 7) is 1.39. The van der Waals surface area contributed by atoms with E-state index in [0.29, 0.717) is 0 Å². The Balaban J connectivity index is 3.89. The van der Waals surface area contributed by atoms with Crippen LogP contribution in [0.15, 0.2) is 0 Å². The van der Waals surface area contributed by atoms with E-state index >= 15 is 0 Å². The van der Waals surface area contributed by atoms with Crippen LogP contribution < -0.4 is 11.1 Å². The van der Waals surface area contributed by atoms with Crippen molar-refractivity contribution in [1.82, 2.24) is 5.32 Å². The maximum Gasteiger partial charge on any atom is 0.305 e. The van der Waals surface area contributed by atoms with Gasteiger partial charge in [0.15, 0.2) is 0 Å². The standard InChI is InChI=1S/C7H14N2O4/c1-4(3-10)9-7(13)5(8)2-6(11)12/h4-5,10H,2-3,8H2,1H3,(H,9,13)(H,11,12). The van der Waals surface area contributed by atoms with Crippen LogP contribution in [0.1, 0.15) is 13.3 Å². The van der Waals surface area contributed by atoms with Gasteiger partial charge in [-0.2, -0.15) is 0 Å². The Morgan fingerprint density at radius 2 is 2.08 bits per heavy atom. The lowest BCUT2D eigenvalue weighted by Gasteiger charge is -2.14. The first-order valence-electron chi connectivity index (χ1n) is 3.86. The zero-order chi connectivity index (χ0) is 10.4. The molecule has 0 aliphatic carbocycles. The molecular formula is C7H14N2O4. The van der Waals surface area contributed by atoms with Crippen molar-refractivity contribution in [3.63, 3.8) is 0 Å². The number of hydrogen-bond acceptors (Lipinski definition) is 4. The van der Waals surface area contributed by atoms with E-state index in [9.17, 15) is 9.59 Å². The molecular weight excluding hydrogens is 176 g/mol. The van der Waals surface area contributed by atoms with E-state index < -0.39 is 30.4 Å². The molecule has 6 heteroatoms. The number of rotatable bonds is 5. The predicted octanol–water partition coefficient (Wildman–Crippen LogP) is -1.71. The average molecular weight is 190 g/mol. The van der Waals surface area contributed by atoms with Crippen LogP contribution in [0.5, 0.6) is 0 Å². The number of aliphatic hydroxyl groups excluding tert-OH is 1. The van der Waals surface area contributed by atoms with E-state index in [0.717, 1.165) is 0 Å². The summed E-state index contributed by atoms with van der Waals surface area (Å²) in [6.07, 6.45) is -0.413. The van der Waals surface area contributed by atoms with Crippen LogP contribution in [0.3, 0.4) is 0 Å². The van der Waals surface area contributed by atoms with Crippen LogP contribution in [0.4, 0.5) is 0 Å². The van der Waals surface area contributed by atoms with Gasteiger partial charge in [-0.05, 0) is 6.92 Å². The molecule has 1 amide bonds. The maximum atomic E-state index is 11.0. The molecule has 2 atom stereocenters. The Morgan fingerprint density at radius 1 is 1.54 bits per heavy atom. The number of aliphatic hydroxyl groups is 1. The molecule has 2 unspecified atom stereocenters. The van der Waals surface area contributed by atoms with E-state index in [-0.39, 0.29) is 6.61 Å². The summed E-state index contributed by atoms with van der Waals surface area (Å²) >= 11 is 0. The van der Waals surface area contributed by atoms with Gasteiger partial charge in [-0.25, -0.2) is 0 Å². The Hall–Kier alpha value is -1.14. The smallest absolute Gasteiger partial charge is 0.305 e. The molecule has 0 aromatic heterocycles. The molecule has 0 saturated heterocycles. The van der Waals surface area contributed by atoms with Crippen molar-refractivity contribution in [1.29, 1.82) is 0 Å². The fraction of sp³-hybridized carbons (Fsp3) is 0.714. The van der Waals surface area contributed by atoms with Crippen molar-refractivity contribution >= 4 is 11.9 Å². The fourth-order valence-electron chi connectivity index (χ4n) is 0.676. The van der Waals surface area contributed by atoms with Crippen molar-refractivity contribution in [3.8, 4) is 0 Å². The van der Waals surface area contributed by atoms with Crippen LogP contribution in [-0.4, -0.2) is 40.8 Å². The van der Waals surface area contributed by atoms with Gasteiger partial charge in [0.1, 0.15) is 0 Å². The molecule has 0 aliphatic rings. The highest BCUT2D eigenvalue weighted by atomic mass is 16.4. The lowest BCUT2D eigenvalue weighted by molar-refractivity contribution is -0.139. The van der Waals surface area contributed by atoms with Gasteiger partial charge < -0.3 is 21.3 Å². The van der Waals surface area contributed by atoms with E-state index in [1.165, 1.54) is 0 Å². The zero-order valence-electron chi connectivity index (χ0n) is 7.36. The van der Waals surface area contributed by atoms with Crippen molar-refractivity contribution in [2.45, 2.75) is 25.4 Å². The number of carbonyl (C=O) groups is 2. The molecule has 5 N–H and O–H groups in total. The second kappa shape index (κ2) is 5.50. The van der Waals surface area contributed by atoms with Gasteiger partial charge in [0.05, 0.1) is 19.1 Å². The van der Waals surface area contributed by atoms with Gasteiger partial charge in [0.25, 0.3) is 0 Å². The van der Waals surface area contributed by atoms with Crippen LogP contribution in [0, 0.1) is 0 Å². The predicted molar refractivity (Wildman–Crippen MR) is 44.9 cm³/mol. The Labute approximate surface area is 75.7 Å². The number of carboxylic acids is 1. The maximum absolute atomic E-state index is 11.0. The average Bonchev–Trinajstić information content (AvgIpc) is 2.02. The molecule has 0 radical (unpaired) electrons. The number of nitrogens with two attached hydrogens (primary N) is 1. The Morgan fingerprint density at radius 3 is 2.46 bits per heavy atom. The van der Waals surface area contributed by atoms with Crippen LogP contribution in [0.25, 0.3) is 0 Å². The third-order valence-electron chi connectivity index (χ3n) is 1.39. The number of hydrogen-bond donors (Lipinski definition) is 4. The number of nitrogens with one attached hydrogen (secondary N) is 1. The topological polar surface area (TPSA) is 113 Å². The molecule has 0 aromatic carbocycles. The molecule has 0 aromatic rings. The first-order valence-corrected chi connectivity index (χ1v) is 3.86. The van der Waals surface area contributed by atoms with Crippen LogP contribution in [0.2, 0.25) is 0 Å². The SMILES string of the molecule is CC(CO)NC(=O)C(N)CC(=O)O. The van der Waals surface area contributed by atoms with Gasteiger partial charge >= 0.3 is 5.97 Å². The van der Waals surface area contributed by atoms with E-state index in [4.69, 9.17) is 15.9 Å². The van der Waals surface area contributed by atoms with E-state index in [1.54, 1.807) is 6.92 Å². The fourth-order valence-corrected chi connectivity index (χ4v) is 0.676. The third kappa shape index (κ3) is 5.15. The lowest BCUT2D eigenvalue weighted by Crippen LogP contribution is -2.46. The molecule has 0 fully saturated rings.